The third-order valence-electron chi connectivity index (χ3n) is 3.05. The van der Waals surface area contributed by atoms with Crippen molar-refractivity contribution in [1.82, 2.24) is 20.2 Å². The van der Waals surface area contributed by atoms with E-state index in [0.717, 1.165) is 16.7 Å². The van der Waals surface area contributed by atoms with Crippen LogP contribution in [0.1, 0.15) is 16.3 Å². The van der Waals surface area contributed by atoms with E-state index in [1.807, 2.05) is 43.3 Å². The number of carbonyl (C=O) groups excluding carboxylic acids is 1. The smallest absolute Gasteiger partial charge is 0.270 e. The summed E-state index contributed by atoms with van der Waals surface area (Å²) in [5, 5.41) is 6.05. The fourth-order valence-corrected chi connectivity index (χ4v) is 2.32. The van der Waals surface area contributed by atoms with Gasteiger partial charge in [0.25, 0.3) is 5.91 Å². The van der Waals surface area contributed by atoms with E-state index in [4.69, 9.17) is 0 Å². The summed E-state index contributed by atoms with van der Waals surface area (Å²) in [6.07, 6.45) is 0. The number of para-hydroxylation sites is 1. The summed E-state index contributed by atoms with van der Waals surface area (Å²) < 4.78 is 0.924. The van der Waals surface area contributed by atoms with Gasteiger partial charge in [-0.05, 0) is 49.1 Å². The van der Waals surface area contributed by atoms with Gasteiger partial charge in [0.15, 0.2) is 0 Å². The van der Waals surface area contributed by atoms with Crippen LogP contribution in [0.5, 0.6) is 0 Å². The molecule has 0 aliphatic rings. The minimum atomic E-state index is -0.201. The Balaban J connectivity index is 2.12. The molecule has 0 unspecified atom stereocenters. The van der Waals surface area contributed by atoms with Gasteiger partial charge in [-0.1, -0.05) is 12.1 Å². The molecular weight excluding hydrogens is 358 g/mol. The number of aromatic nitrogens is 2. The predicted molar refractivity (Wildman–Crippen MR) is 95.1 cm³/mol. The molecule has 0 spiro atoms. The Bertz CT molecular complexity index is 690. The van der Waals surface area contributed by atoms with Gasteiger partial charge >= 0.3 is 0 Å². The number of carbonyl (C=O) groups is 1. The zero-order valence-corrected chi connectivity index (χ0v) is 15.0. The lowest BCUT2D eigenvalue weighted by molar-refractivity contribution is 0.0945. The summed E-state index contributed by atoms with van der Waals surface area (Å²) in [4.78, 5) is 22.7. The van der Waals surface area contributed by atoms with Gasteiger partial charge in [0, 0.05) is 23.6 Å². The van der Waals surface area contributed by atoms with Crippen molar-refractivity contribution in [3.8, 4) is 0 Å². The van der Waals surface area contributed by atoms with Gasteiger partial charge in [-0.15, -0.1) is 0 Å². The number of rotatable bonds is 6. The molecule has 122 valence electrons. The standard InChI is InChI=1S/C16H20BrN5O/c1-11-19-14(16(23)18-8-9-22(2)3)10-15(20-11)21-13-7-5-4-6-12(13)17/h4-7,10H,8-9H2,1-3H3,(H,18,23)(H,19,20,21). The lowest BCUT2D eigenvalue weighted by Crippen LogP contribution is -2.32. The van der Waals surface area contributed by atoms with Crippen LogP contribution in [-0.4, -0.2) is 48.0 Å². The number of hydrogen-bond acceptors (Lipinski definition) is 5. The lowest BCUT2D eigenvalue weighted by Gasteiger charge is -2.12. The molecule has 1 amide bonds. The second-order valence-corrected chi connectivity index (χ2v) is 6.20. The monoisotopic (exact) mass is 377 g/mol. The van der Waals surface area contributed by atoms with Gasteiger partial charge in [-0.3, -0.25) is 4.79 Å². The number of hydrogen-bond donors (Lipinski definition) is 2. The van der Waals surface area contributed by atoms with Crippen LogP contribution in [0.3, 0.4) is 0 Å². The van der Waals surface area contributed by atoms with Gasteiger partial charge in [-0.2, -0.15) is 0 Å². The molecule has 1 aromatic carbocycles. The Morgan fingerprint density at radius 2 is 2.00 bits per heavy atom. The normalized spacial score (nSPS) is 10.7. The van der Waals surface area contributed by atoms with Crippen molar-refractivity contribution in [2.24, 2.45) is 0 Å². The number of anilines is 2. The minimum absolute atomic E-state index is 0.201. The molecule has 23 heavy (non-hydrogen) atoms. The van der Waals surface area contributed by atoms with E-state index >= 15 is 0 Å². The predicted octanol–water partition coefficient (Wildman–Crippen LogP) is 2.58. The Morgan fingerprint density at radius 3 is 2.70 bits per heavy atom. The van der Waals surface area contributed by atoms with E-state index in [9.17, 15) is 4.79 Å². The van der Waals surface area contributed by atoms with E-state index in [1.165, 1.54) is 0 Å². The van der Waals surface area contributed by atoms with E-state index in [2.05, 4.69) is 36.5 Å². The molecule has 0 atom stereocenters. The molecule has 6 nitrogen and oxygen atoms in total. The van der Waals surface area contributed by atoms with Gasteiger partial charge in [0.2, 0.25) is 0 Å². The zero-order chi connectivity index (χ0) is 16.8. The van der Waals surface area contributed by atoms with Crippen LogP contribution in [0.2, 0.25) is 0 Å². The van der Waals surface area contributed by atoms with E-state index in [1.54, 1.807) is 13.0 Å². The summed E-state index contributed by atoms with van der Waals surface area (Å²) in [5.74, 6) is 0.925. The second kappa shape index (κ2) is 8.03. The number of benzene rings is 1. The third kappa shape index (κ3) is 5.30. The molecule has 2 aromatic rings. The number of halogens is 1. The SMILES string of the molecule is Cc1nc(Nc2ccccc2Br)cc(C(=O)NCCN(C)C)n1. The highest BCUT2D eigenvalue weighted by Crippen LogP contribution is 2.24. The first-order valence-electron chi connectivity index (χ1n) is 7.26. The van der Waals surface area contributed by atoms with Crippen LogP contribution in [0, 0.1) is 6.92 Å². The van der Waals surface area contributed by atoms with Crippen molar-refractivity contribution in [1.29, 1.82) is 0 Å². The summed E-state index contributed by atoms with van der Waals surface area (Å²) in [6, 6.07) is 9.38. The number of amides is 1. The van der Waals surface area contributed by atoms with Crippen LogP contribution in [0.4, 0.5) is 11.5 Å². The number of nitrogens with zero attached hydrogens (tertiary/aromatic N) is 3. The molecule has 7 heteroatoms. The first-order chi connectivity index (χ1) is 11.0. The summed E-state index contributed by atoms with van der Waals surface area (Å²) in [6.45, 7) is 3.11. The molecule has 0 saturated heterocycles. The van der Waals surface area contributed by atoms with Crippen molar-refractivity contribution < 1.29 is 4.79 Å². The molecule has 0 aliphatic heterocycles. The Kier molecular flexibility index (Phi) is 6.06. The highest BCUT2D eigenvalue weighted by Gasteiger charge is 2.11. The van der Waals surface area contributed by atoms with Gasteiger partial charge in [0.05, 0.1) is 5.69 Å². The summed E-state index contributed by atoms with van der Waals surface area (Å²) in [5.41, 5.74) is 1.23. The molecular formula is C16H20BrN5O. The second-order valence-electron chi connectivity index (χ2n) is 5.35. The molecule has 1 heterocycles. The Hall–Kier alpha value is -1.99. The van der Waals surface area contributed by atoms with Crippen LogP contribution in [0.15, 0.2) is 34.8 Å². The molecule has 0 aliphatic carbocycles. The van der Waals surface area contributed by atoms with Crippen molar-refractivity contribution in [2.45, 2.75) is 6.92 Å². The van der Waals surface area contributed by atoms with Crippen LogP contribution in [-0.2, 0) is 0 Å². The Labute approximate surface area is 144 Å². The molecule has 0 fully saturated rings. The lowest BCUT2D eigenvalue weighted by atomic mass is 10.3. The Morgan fingerprint density at radius 1 is 1.26 bits per heavy atom. The fourth-order valence-electron chi connectivity index (χ4n) is 1.93. The number of nitrogens with one attached hydrogen (secondary N) is 2. The van der Waals surface area contributed by atoms with Crippen molar-refractivity contribution in [3.63, 3.8) is 0 Å². The van der Waals surface area contributed by atoms with Gasteiger partial charge in [-0.25, -0.2) is 9.97 Å². The van der Waals surface area contributed by atoms with E-state index in [-0.39, 0.29) is 5.91 Å². The summed E-state index contributed by atoms with van der Waals surface area (Å²) >= 11 is 3.48. The highest BCUT2D eigenvalue weighted by molar-refractivity contribution is 9.10. The van der Waals surface area contributed by atoms with E-state index < -0.39 is 0 Å². The average Bonchev–Trinajstić information content (AvgIpc) is 2.48. The van der Waals surface area contributed by atoms with E-state index in [0.29, 0.717) is 23.9 Å². The van der Waals surface area contributed by atoms with Crippen LogP contribution < -0.4 is 10.6 Å². The zero-order valence-electron chi connectivity index (χ0n) is 13.4. The summed E-state index contributed by atoms with van der Waals surface area (Å²) in [7, 11) is 3.92. The number of likely N-dealkylation sites (N-methyl/N-ethyl adjacent to an activating group) is 1. The first-order valence-corrected chi connectivity index (χ1v) is 8.05. The largest absolute Gasteiger partial charge is 0.349 e. The van der Waals surface area contributed by atoms with Crippen molar-refractivity contribution in [2.75, 3.05) is 32.5 Å². The van der Waals surface area contributed by atoms with Crippen LogP contribution in [0.25, 0.3) is 0 Å². The number of aryl methyl sites for hydroxylation is 1. The average molecular weight is 378 g/mol. The quantitative estimate of drug-likeness (QED) is 0.809. The minimum Gasteiger partial charge on any atom is -0.349 e. The maximum Gasteiger partial charge on any atom is 0.270 e. The highest BCUT2D eigenvalue weighted by atomic mass is 79.9. The van der Waals surface area contributed by atoms with Gasteiger partial charge in [0.1, 0.15) is 17.3 Å². The van der Waals surface area contributed by atoms with Crippen molar-refractivity contribution in [3.05, 3.63) is 46.3 Å². The third-order valence-corrected chi connectivity index (χ3v) is 3.74. The maximum absolute atomic E-state index is 12.2. The molecule has 2 rings (SSSR count). The topological polar surface area (TPSA) is 70.2 Å². The van der Waals surface area contributed by atoms with Gasteiger partial charge < -0.3 is 15.5 Å². The molecule has 1 aromatic heterocycles. The van der Waals surface area contributed by atoms with Crippen molar-refractivity contribution >= 4 is 33.3 Å². The van der Waals surface area contributed by atoms with Crippen LogP contribution >= 0.6 is 15.9 Å². The maximum atomic E-state index is 12.2. The first kappa shape index (κ1) is 17.4. The molecule has 0 saturated carbocycles. The molecule has 0 radical (unpaired) electrons. The fraction of sp³-hybridized carbons (Fsp3) is 0.312. The molecule has 2 N–H and O–H groups in total. The molecule has 0 bridgehead atoms.